The van der Waals surface area contributed by atoms with Crippen LogP contribution in [-0.2, 0) is 11.2 Å². The zero-order valence-corrected chi connectivity index (χ0v) is 14.8. The summed E-state index contributed by atoms with van der Waals surface area (Å²) >= 11 is 1.53. The van der Waals surface area contributed by atoms with E-state index in [9.17, 15) is 4.79 Å². The van der Waals surface area contributed by atoms with Gasteiger partial charge in [0.15, 0.2) is 0 Å². The molecule has 1 fully saturated rings. The number of pyridine rings is 1. The molecule has 1 saturated heterocycles. The SMILES string of the molecule is CC(C)Cc1nc(C(=O)Nc2ccc(N3CCOCC3)cn2)cs1. The number of morpholine rings is 1. The number of ether oxygens (including phenoxy) is 1. The standard InChI is InChI=1S/C17H22N4O2S/c1-12(2)9-16-19-14(11-24-16)17(22)20-15-4-3-13(10-18-15)21-5-7-23-8-6-21/h3-4,10-12H,5-9H2,1-2H3,(H,18,20,22). The van der Waals surface area contributed by atoms with Crippen molar-refractivity contribution in [3.05, 3.63) is 34.4 Å². The third-order valence-corrected chi connectivity index (χ3v) is 4.60. The fraction of sp³-hybridized carbons (Fsp3) is 0.471. The van der Waals surface area contributed by atoms with Crippen LogP contribution in [0.1, 0.15) is 29.3 Å². The number of carbonyl (C=O) groups excluding carboxylic acids is 1. The first-order valence-corrected chi connectivity index (χ1v) is 9.04. The lowest BCUT2D eigenvalue weighted by molar-refractivity contribution is 0.102. The second-order valence-corrected chi connectivity index (χ2v) is 7.12. The Morgan fingerprint density at radius 3 is 2.83 bits per heavy atom. The van der Waals surface area contributed by atoms with E-state index in [0.29, 0.717) is 17.4 Å². The van der Waals surface area contributed by atoms with Crippen molar-refractivity contribution < 1.29 is 9.53 Å². The minimum absolute atomic E-state index is 0.215. The van der Waals surface area contributed by atoms with Gasteiger partial charge in [-0.2, -0.15) is 0 Å². The van der Waals surface area contributed by atoms with Gasteiger partial charge in [0.2, 0.25) is 0 Å². The number of anilines is 2. The Balaban J connectivity index is 1.60. The summed E-state index contributed by atoms with van der Waals surface area (Å²) in [6.45, 7) is 7.49. The van der Waals surface area contributed by atoms with E-state index in [1.54, 1.807) is 11.6 Å². The molecule has 3 rings (SSSR count). The van der Waals surface area contributed by atoms with Crippen molar-refractivity contribution in [2.75, 3.05) is 36.5 Å². The average Bonchev–Trinajstić information content (AvgIpc) is 3.04. The molecular formula is C17H22N4O2S. The highest BCUT2D eigenvalue weighted by Crippen LogP contribution is 2.18. The first-order valence-electron chi connectivity index (χ1n) is 8.16. The molecule has 0 radical (unpaired) electrons. The van der Waals surface area contributed by atoms with Crippen molar-refractivity contribution in [2.45, 2.75) is 20.3 Å². The number of nitrogens with one attached hydrogen (secondary N) is 1. The predicted octanol–water partition coefficient (Wildman–Crippen LogP) is 2.83. The Kier molecular flexibility index (Phi) is 5.42. The molecule has 0 spiro atoms. The van der Waals surface area contributed by atoms with E-state index in [4.69, 9.17) is 4.74 Å². The van der Waals surface area contributed by atoms with Crippen molar-refractivity contribution >= 4 is 28.7 Å². The Morgan fingerprint density at radius 1 is 1.38 bits per heavy atom. The molecule has 0 atom stereocenters. The largest absolute Gasteiger partial charge is 0.378 e. The Bertz CT molecular complexity index is 678. The number of carbonyl (C=O) groups is 1. The normalized spacial score (nSPS) is 14.9. The minimum atomic E-state index is -0.215. The lowest BCUT2D eigenvalue weighted by Gasteiger charge is -2.28. The highest BCUT2D eigenvalue weighted by molar-refractivity contribution is 7.09. The minimum Gasteiger partial charge on any atom is -0.378 e. The van der Waals surface area contributed by atoms with Crippen molar-refractivity contribution in [3.63, 3.8) is 0 Å². The molecule has 2 aromatic heterocycles. The highest BCUT2D eigenvalue weighted by Gasteiger charge is 2.14. The van der Waals surface area contributed by atoms with Gasteiger partial charge in [-0.15, -0.1) is 11.3 Å². The number of hydrogen-bond donors (Lipinski definition) is 1. The van der Waals surface area contributed by atoms with Crippen LogP contribution in [-0.4, -0.2) is 42.2 Å². The third kappa shape index (κ3) is 4.30. The number of thiazole rings is 1. The molecule has 6 nitrogen and oxygen atoms in total. The molecule has 3 heterocycles. The maximum atomic E-state index is 12.3. The van der Waals surface area contributed by atoms with Gasteiger partial charge in [0.05, 0.1) is 30.1 Å². The number of amides is 1. The summed E-state index contributed by atoms with van der Waals surface area (Å²) in [7, 11) is 0. The number of hydrogen-bond acceptors (Lipinski definition) is 6. The van der Waals surface area contributed by atoms with Crippen LogP contribution in [0.2, 0.25) is 0 Å². The van der Waals surface area contributed by atoms with Crippen LogP contribution < -0.4 is 10.2 Å². The third-order valence-electron chi connectivity index (χ3n) is 3.73. The second kappa shape index (κ2) is 7.72. The molecule has 0 aromatic carbocycles. The number of nitrogens with zero attached hydrogens (tertiary/aromatic N) is 3. The van der Waals surface area contributed by atoms with E-state index in [1.807, 2.05) is 12.1 Å². The van der Waals surface area contributed by atoms with Crippen molar-refractivity contribution in [3.8, 4) is 0 Å². The van der Waals surface area contributed by atoms with Gasteiger partial charge in [-0.1, -0.05) is 13.8 Å². The monoisotopic (exact) mass is 346 g/mol. The average molecular weight is 346 g/mol. The summed E-state index contributed by atoms with van der Waals surface area (Å²) in [6, 6.07) is 3.79. The van der Waals surface area contributed by atoms with E-state index < -0.39 is 0 Å². The molecule has 2 aromatic rings. The molecule has 7 heteroatoms. The quantitative estimate of drug-likeness (QED) is 0.902. The summed E-state index contributed by atoms with van der Waals surface area (Å²) in [5.41, 5.74) is 1.50. The van der Waals surface area contributed by atoms with E-state index in [2.05, 4.69) is 34.0 Å². The molecule has 128 valence electrons. The van der Waals surface area contributed by atoms with E-state index >= 15 is 0 Å². The van der Waals surface area contributed by atoms with Crippen molar-refractivity contribution in [1.29, 1.82) is 0 Å². The number of aromatic nitrogens is 2. The molecule has 0 unspecified atom stereocenters. The fourth-order valence-electron chi connectivity index (χ4n) is 2.51. The molecule has 0 aliphatic carbocycles. The Labute approximate surface area is 145 Å². The molecule has 0 saturated carbocycles. The predicted molar refractivity (Wildman–Crippen MR) is 95.9 cm³/mol. The van der Waals surface area contributed by atoms with Gasteiger partial charge in [-0.05, 0) is 18.1 Å². The van der Waals surface area contributed by atoms with Crippen LogP contribution in [0.3, 0.4) is 0 Å². The summed E-state index contributed by atoms with van der Waals surface area (Å²) in [4.78, 5) is 23.2. The summed E-state index contributed by atoms with van der Waals surface area (Å²) in [5, 5.41) is 5.60. The Morgan fingerprint density at radius 2 is 2.17 bits per heavy atom. The van der Waals surface area contributed by atoms with E-state index in [0.717, 1.165) is 43.4 Å². The van der Waals surface area contributed by atoms with Gasteiger partial charge in [-0.3, -0.25) is 4.79 Å². The maximum absolute atomic E-state index is 12.3. The molecule has 1 aliphatic heterocycles. The molecule has 1 aliphatic rings. The van der Waals surface area contributed by atoms with E-state index in [1.165, 1.54) is 11.3 Å². The number of rotatable bonds is 5. The van der Waals surface area contributed by atoms with Gasteiger partial charge < -0.3 is 15.0 Å². The zero-order chi connectivity index (χ0) is 16.9. The summed E-state index contributed by atoms with van der Waals surface area (Å²) in [6.07, 6.45) is 2.68. The first-order chi connectivity index (χ1) is 11.6. The second-order valence-electron chi connectivity index (χ2n) is 6.18. The first kappa shape index (κ1) is 16.9. The van der Waals surface area contributed by atoms with Gasteiger partial charge in [-0.25, -0.2) is 9.97 Å². The summed E-state index contributed by atoms with van der Waals surface area (Å²) < 4.78 is 5.35. The van der Waals surface area contributed by atoms with Gasteiger partial charge in [0, 0.05) is 24.9 Å². The molecule has 1 amide bonds. The van der Waals surface area contributed by atoms with Crippen LogP contribution in [0.15, 0.2) is 23.7 Å². The maximum Gasteiger partial charge on any atom is 0.276 e. The molecule has 0 bridgehead atoms. The molecule has 24 heavy (non-hydrogen) atoms. The lowest BCUT2D eigenvalue weighted by atomic mass is 10.1. The van der Waals surface area contributed by atoms with E-state index in [-0.39, 0.29) is 5.91 Å². The Hall–Kier alpha value is -1.99. The summed E-state index contributed by atoms with van der Waals surface area (Å²) in [5.74, 6) is 0.852. The van der Waals surface area contributed by atoms with Crippen LogP contribution in [0.25, 0.3) is 0 Å². The highest BCUT2D eigenvalue weighted by atomic mass is 32.1. The lowest BCUT2D eigenvalue weighted by Crippen LogP contribution is -2.36. The van der Waals surface area contributed by atoms with Crippen LogP contribution in [0, 0.1) is 5.92 Å². The zero-order valence-electron chi connectivity index (χ0n) is 14.0. The van der Waals surface area contributed by atoms with Crippen molar-refractivity contribution in [2.24, 2.45) is 5.92 Å². The smallest absolute Gasteiger partial charge is 0.276 e. The van der Waals surface area contributed by atoms with Crippen LogP contribution in [0.5, 0.6) is 0 Å². The van der Waals surface area contributed by atoms with Crippen molar-refractivity contribution in [1.82, 2.24) is 9.97 Å². The molecular weight excluding hydrogens is 324 g/mol. The topological polar surface area (TPSA) is 67.4 Å². The van der Waals surface area contributed by atoms with Gasteiger partial charge in [0.25, 0.3) is 5.91 Å². The van der Waals surface area contributed by atoms with Gasteiger partial charge in [0.1, 0.15) is 11.5 Å². The van der Waals surface area contributed by atoms with Crippen LogP contribution >= 0.6 is 11.3 Å². The molecule has 1 N–H and O–H groups in total. The van der Waals surface area contributed by atoms with Gasteiger partial charge >= 0.3 is 0 Å². The van der Waals surface area contributed by atoms with Crippen LogP contribution in [0.4, 0.5) is 11.5 Å². The fourth-order valence-corrected chi connectivity index (χ4v) is 3.50.